The number of hydrogen-bond acceptors (Lipinski definition) is 2. The number of ether oxygens (including phenoxy) is 1. The van der Waals surface area contributed by atoms with Crippen molar-refractivity contribution in [3.05, 3.63) is 59.7 Å². The fourth-order valence-electron chi connectivity index (χ4n) is 1.37. The van der Waals surface area contributed by atoms with Crippen molar-refractivity contribution in [3.63, 3.8) is 0 Å². The zero-order chi connectivity index (χ0) is 12.3. The average molecular weight is 235 g/mol. The Morgan fingerprint density at radius 1 is 0.882 bits per heavy atom. The molecule has 88 valence electrons. The van der Waals surface area contributed by atoms with Gasteiger partial charge in [-0.1, -0.05) is 12.1 Å². The van der Waals surface area contributed by atoms with E-state index in [0.29, 0.717) is 12.3 Å². The summed E-state index contributed by atoms with van der Waals surface area (Å²) in [4.78, 5) is 0. The molecule has 0 aliphatic rings. The molecule has 2 nitrogen and oxygen atoms in total. The van der Waals surface area contributed by atoms with Crippen LogP contribution in [0.2, 0.25) is 0 Å². The van der Waals surface area contributed by atoms with Gasteiger partial charge in [-0.25, -0.2) is 8.78 Å². The van der Waals surface area contributed by atoms with Gasteiger partial charge < -0.3 is 10.5 Å². The molecular formula is C13H11F2NO. The molecule has 2 N–H and O–H groups in total. The van der Waals surface area contributed by atoms with Crippen LogP contribution in [0.5, 0.6) is 11.5 Å². The Morgan fingerprint density at radius 3 is 2.12 bits per heavy atom. The van der Waals surface area contributed by atoms with E-state index in [1.165, 1.54) is 6.07 Å². The van der Waals surface area contributed by atoms with Gasteiger partial charge in [-0.3, -0.25) is 0 Å². The highest BCUT2D eigenvalue weighted by molar-refractivity contribution is 5.33. The van der Waals surface area contributed by atoms with Gasteiger partial charge in [0.1, 0.15) is 11.5 Å². The largest absolute Gasteiger partial charge is 0.457 e. The van der Waals surface area contributed by atoms with E-state index in [1.54, 1.807) is 12.1 Å². The van der Waals surface area contributed by atoms with Crippen LogP contribution in [0.25, 0.3) is 0 Å². The maximum absolute atomic E-state index is 12.9. The molecule has 17 heavy (non-hydrogen) atoms. The van der Waals surface area contributed by atoms with E-state index in [4.69, 9.17) is 10.5 Å². The summed E-state index contributed by atoms with van der Waals surface area (Å²) >= 11 is 0. The van der Waals surface area contributed by atoms with Crippen LogP contribution in [0.1, 0.15) is 5.56 Å². The molecular weight excluding hydrogens is 224 g/mol. The summed E-state index contributed by atoms with van der Waals surface area (Å²) in [5, 5.41) is 0. The molecule has 0 aliphatic heterocycles. The van der Waals surface area contributed by atoms with Gasteiger partial charge in [-0.15, -0.1) is 0 Å². The molecule has 0 amide bonds. The Labute approximate surface area is 97.6 Å². The fourth-order valence-corrected chi connectivity index (χ4v) is 1.37. The Kier molecular flexibility index (Phi) is 3.35. The summed E-state index contributed by atoms with van der Waals surface area (Å²) in [6.45, 7) is 0.450. The lowest BCUT2D eigenvalue weighted by molar-refractivity contribution is 0.461. The predicted molar refractivity (Wildman–Crippen MR) is 60.8 cm³/mol. The highest BCUT2D eigenvalue weighted by atomic mass is 19.2. The Morgan fingerprint density at radius 2 is 1.53 bits per heavy atom. The third-order valence-electron chi connectivity index (χ3n) is 2.29. The predicted octanol–water partition coefficient (Wildman–Crippen LogP) is 3.22. The smallest absolute Gasteiger partial charge is 0.162 e. The third-order valence-corrected chi connectivity index (χ3v) is 2.29. The number of halogens is 2. The molecule has 0 heterocycles. The van der Waals surface area contributed by atoms with Crippen molar-refractivity contribution < 1.29 is 13.5 Å². The van der Waals surface area contributed by atoms with Crippen molar-refractivity contribution in [1.82, 2.24) is 0 Å². The summed E-state index contributed by atoms with van der Waals surface area (Å²) in [6, 6.07) is 10.5. The molecule has 0 fully saturated rings. The summed E-state index contributed by atoms with van der Waals surface area (Å²) < 4.78 is 31.0. The van der Waals surface area contributed by atoms with E-state index < -0.39 is 11.6 Å². The van der Waals surface area contributed by atoms with Crippen LogP contribution < -0.4 is 10.5 Å². The highest BCUT2D eigenvalue weighted by Gasteiger charge is 2.04. The van der Waals surface area contributed by atoms with Crippen LogP contribution in [0.15, 0.2) is 42.5 Å². The van der Waals surface area contributed by atoms with Crippen LogP contribution in [0.4, 0.5) is 8.78 Å². The molecule has 2 aromatic carbocycles. The summed E-state index contributed by atoms with van der Waals surface area (Å²) in [5.74, 6) is -1.02. The topological polar surface area (TPSA) is 35.2 Å². The lowest BCUT2D eigenvalue weighted by Gasteiger charge is -2.06. The lowest BCUT2D eigenvalue weighted by Crippen LogP contribution is -1.95. The van der Waals surface area contributed by atoms with Crippen LogP contribution in [-0.2, 0) is 6.54 Å². The highest BCUT2D eigenvalue weighted by Crippen LogP contribution is 2.23. The molecule has 0 unspecified atom stereocenters. The minimum atomic E-state index is -0.930. The first-order valence-electron chi connectivity index (χ1n) is 5.11. The van der Waals surface area contributed by atoms with E-state index in [0.717, 1.165) is 17.7 Å². The molecule has 0 aromatic heterocycles. The minimum Gasteiger partial charge on any atom is -0.457 e. The second-order valence-electron chi connectivity index (χ2n) is 3.53. The zero-order valence-electron chi connectivity index (χ0n) is 8.99. The summed E-state index contributed by atoms with van der Waals surface area (Å²) in [5.41, 5.74) is 6.43. The molecule has 2 rings (SSSR count). The standard InChI is InChI=1S/C13H11F2NO/c14-12-6-5-11(7-13(12)15)17-10-3-1-9(8-16)2-4-10/h1-7H,8,16H2. The number of hydrogen-bond donors (Lipinski definition) is 1. The quantitative estimate of drug-likeness (QED) is 0.886. The van der Waals surface area contributed by atoms with Gasteiger partial charge in [-0.05, 0) is 29.8 Å². The van der Waals surface area contributed by atoms with E-state index in [1.807, 2.05) is 12.1 Å². The maximum Gasteiger partial charge on any atom is 0.162 e. The Hall–Kier alpha value is -1.94. The van der Waals surface area contributed by atoms with Crippen molar-refractivity contribution >= 4 is 0 Å². The van der Waals surface area contributed by atoms with Crippen molar-refractivity contribution in [1.29, 1.82) is 0 Å². The van der Waals surface area contributed by atoms with E-state index in [9.17, 15) is 8.78 Å². The van der Waals surface area contributed by atoms with Crippen molar-refractivity contribution in [2.45, 2.75) is 6.54 Å². The molecule has 0 bridgehead atoms. The lowest BCUT2D eigenvalue weighted by atomic mass is 10.2. The molecule has 2 aromatic rings. The average Bonchev–Trinajstić information content (AvgIpc) is 2.35. The molecule has 0 aliphatic carbocycles. The van der Waals surface area contributed by atoms with Gasteiger partial charge in [-0.2, -0.15) is 0 Å². The second-order valence-corrected chi connectivity index (χ2v) is 3.53. The Balaban J connectivity index is 2.16. The zero-order valence-corrected chi connectivity index (χ0v) is 8.99. The summed E-state index contributed by atoms with van der Waals surface area (Å²) in [7, 11) is 0. The molecule has 0 atom stereocenters. The second kappa shape index (κ2) is 4.93. The van der Waals surface area contributed by atoms with Crippen LogP contribution >= 0.6 is 0 Å². The number of rotatable bonds is 3. The number of nitrogens with two attached hydrogens (primary N) is 1. The van der Waals surface area contributed by atoms with Crippen LogP contribution in [0.3, 0.4) is 0 Å². The van der Waals surface area contributed by atoms with Gasteiger partial charge in [0.15, 0.2) is 11.6 Å². The maximum atomic E-state index is 12.9. The normalized spacial score (nSPS) is 10.3. The van der Waals surface area contributed by atoms with Gasteiger partial charge in [0.2, 0.25) is 0 Å². The van der Waals surface area contributed by atoms with E-state index in [-0.39, 0.29) is 5.75 Å². The van der Waals surface area contributed by atoms with Gasteiger partial charge in [0.05, 0.1) is 0 Å². The van der Waals surface area contributed by atoms with E-state index in [2.05, 4.69) is 0 Å². The van der Waals surface area contributed by atoms with Gasteiger partial charge in [0.25, 0.3) is 0 Å². The first-order chi connectivity index (χ1) is 8.19. The fraction of sp³-hybridized carbons (Fsp3) is 0.0769. The molecule has 0 spiro atoms. The van der Waals surface area contributed by atoms with Crippen LogP contribution in [-0.4, -0.2) is 0 Å². The minimum absolute atomic E-state index is 0.254. The van der Waals surface area contributed by atoms with E-state index >= 15 is 0 Å². The monoisotopic (exact) mass is 235 g/mol. The van der Waals surface area contributed by atoms with Crippen molar-refractivity contribution in [2.24, 2.45) is 5.73 Å². The van der Waals surface area contributed by atoms with Gasteiger partial charge in [0, 0.05) is 12.6 Å². The van der Waals surface area contributed by atoms with Crippen LogP contribution in [0, 0.1) is 11.6 Å². The summed E-state index contributed by atoms with van der Waals surface area (Å²) in [6.07, 6.45) is 0. The molecule has 4 heteroatoms. The SMILES string of the molecule is NCc1ccc(Oc2ccc(F)c(F)c2)cc1. The van der Waals surface area contributed by atoms with Crippen molar-refractivity contribution in [3.8, 4) is 11.5 Å². The Bertz CT molecular complexity index is 511. The molecule has 0 saturated heterocycles. The molecule has 0 radical (unpaired) electrons. The number of benzene rings is 2. The first-order valence-corrected chi connectivity index (χ1v) is 5.11. The first kappa shape index (κ1) is 11.5. The van der Waals surface area contributed by atoms with Crippen molar-refractivity contribution in [2.75, 3.05) is 0 Å². The third kappa shape index (κ3) is 2.79. The molecule has 0 saturated carbocycles. The van der Waals surface area contributed by atoms with Gasteiger partial charge >= 0.3 is 0 Å².